The molecular weight excluding hydrogens is 576 g/mol. The summed E-state index contributed by atoms with van der Waals surface area (Å²) in [6.07, 6.45) is 6.98. The lowest BCUT2D eigenvalue weighted by Crippen LogP contribution is -2.57. The van der Waals surface area contributed by atoms with Crippen LogP contribution < -0.4 is 17.2 Å². The lowest BCUT2D eigenvalue weighted by molar-refractivity contribution is -0.153. The number of carboxylic acid groups (broad SMARTS) is 3. The van der Waals surface area contributed by atoms with E-state index in [9.17, 15) is 28.8 Å². The number of hydrogen-bond acceptors (Lipinski definition) is 9. The van der Waals surface area contributed by atoms with Crippen LogP contribution in [-0.4, -0.2) is 120 Å². The van der Waals surface area contributed by atoms with Crippen LogP contribution in [0.15, 0.2) is 0 Å². The van der Waals surface area contributed by atoms with Gasteiger partial charge >= 0.3 is 17.9 Å². The highest BCUT2D eigenvalue weighted by Crippen LogP contribution is 2.37. The molecule has 0 aromatic heterocycles. The highest BCUT2D eigenvalue weighted by Gasteiger charge is 2.49. The summed E-state index contributed by atoms with van der Waals surface area (Å²) in [5.41, 5.74) is 17.0. The topological polar surface area (TPSA) is 251 Å². The molecular formula is C29H46N6O9. The number of carbonyl (C=O) groups excluding carboxylic acids is 3. The Balaban J connectivity index is 0.000000151. The van der Waals surface area contributed by atoms with Crippen LogP contribution in [0.5, 0.6) is 0 Å². The van der Waals surface area contributed by atoms with Crippen LogP contribution in [0.2, 0.25) is 0 Å². The Morgan fingerprint density at radius 3 is 1.50 bits per heavy atom. The van der Waals surface area contributed by atoms with Gasteiger partial charge in [-0.25, -0.2) is 14.4 Å². The number of piperidine rings is 3. The summed E-state index contributed by atoms with van der Waals surface area (Å²) in [6.45, 7) is 4.04. The molecule has 0 aliphatic carbocycles. The fraction of sp³-hybridized carbons (Fsp3) is 0.793. The number of nitrogens with zero attached hydrogens (tertiary/aromatic N) is 3. The zero-order chi connectivity index (χ0) is 32.6. The summed E-state index contributed by atoms with van der Waals surface area (Å²) >= 11 is 0. The molecule has 6 aliphatic heterocycles. The Labute approximate surface area is 256 Å². The number of carboxylic acids is 3. The minimum Gasteiger partial charge on any atom is -0.480 e. The second-order valence-electron chi connectivity index (χ2n) is 13.1. The minimum atomic E-state index is -0.910. The molecule has 246 valence electrons. The summed E-state index contributed by atoms with van der Waals surface area (Å²) < 4.78 is 0. The number of nitrogens with two attached hydrogens (primary N) is 3. The normalized spacial score (nSPS) is 39.3. The number of amides is 3. The number of rotatable bonds is 3. The third kappa shape index (κ3) is 6.40. The van der Waals surface area contributed by atoms with Gasteiger partial charge in [-0.05, 0) is 76.0 Å². The minimum absolute atomic E-state index is 0.0819. The molecule has 6 aliphatic rings. The van der Waals surface area contributed by atoms with Gasteiger partial charge in [0.2, 0.25) is 17.7 Å². The zero-order valence-corrected chi connectivity index (χ0v) is 25.3. The van der Waals surface area contributed by atoms with Crippen molar-refractivity contribution in [3.05, 3.63) is 0 Å². The molecule has 15 heteroatoms. The molecule has 0 aromatic carbocycles. The third-order valence-corrected chi connectivity index (χ3v) is 10.3. The second-order valence-corrected chi connectivity index (χ2v) is 13.1. The first-order valence-corrected chi connectivity index (χ1v) is 15.6. The molecule has 6 fully saturated rings. The smallest absolute Gasteiger partial charge is 0.326 e. The largest absolute Gasteiger partial charge is 0.480 e. The molecule has 5 unspecified atom stereocenters. The average molecular weight is 623 g/mol. The SMILES string of the molecule is CC1C[C@@H](C(=O)O)N2C(=O)[C@@H](N)CCC12.CC1C[C@H](N)C(=O)N2C1CC[C@H]2C(=O)O.N[C@H]1CCC2CC[C@@H](C(=O)O)N2C1=O. The summed E-state index contributed by atoms with van der Waals surface area (Å²) in [5.74, 6) is -2.73. The fourth-order valence-corrected chi connectivity index (χ4v) is 7.99. The van der Waals surface area contributed by atoms with E-state index in [-0.39, 0.29) is 41.8 Å². The van der Waals surface area contributed by atoms with E-state index in [1.54, 1.807) is 0 Å². The first-order chi connectivity index (χ1) is 20.6. The molecule has 3 amide bonds. The lowest BCUT2D eigenvalue weighted by atomic mass is 9.88. The van der Waals surface area contributed by atoms with Crippen molar-refractivity contribution in [2.45, 2.75) is 132 Å². The van der Waals surface area contributed by atoms with Crippen molar-refractivity contribution in [1.29, 1.82) is 0 Å². The van der Waals surface area contributed by atoms with Gasteiger partial charge < -0.3 is 47.2 Å². The molecule has 0 saturated carbocycles. The third-order valence-electron chi connectivity index (χ3n) is 10.3. The highest BCUT2D eigenvalue weighted by atomic mass is 16.4. The van der Waals surface area contributed by atoms with Gasteiger partial charge in [0.1, 0.15) is 18.1 Å². The van der Waals surface area contributed by atoms with Crippen LogP contribution in [0.1, 0.15) is 78.1 Å². The molecule has 11 atom stereocenters. The molecule has 6 rings (SSSR count). The molecule has 6 saturated heterocycles. The number of aliphatic carboxylic acids is 3. The van der Waals surface area contributed by atoms with Crippen molar-refractivity contribution in [3.8, 4) is 0 Å². The van der Waals surface area contributed by atoms with Crippen LogP contribution in [0, 0.1) is 11.8 Å². The highest BCUT2D eigenvalue weighted by molar-refractivity contribution is 5.90. The first-order valence-electron chi connectivity index (χ1n) is 15.6. The van der Waals surface area contributed by atoms with Gasteiger partial charge in [0.05, 0.1) is 18.1 Å². The van der Waals surface area contributed by atoms with Crippen molar-refractivity contribution in [3.63, 3.8) is 0 Å². The van der Waals surface area contributed by atoms with Gasteiger partial charge in [-0.15, -0.1) is 0 Å². The van der Waals surface area contributed by atoms with Crippen LogP contribution >= 0.6 is 0 Å². The van der Waals surface area contributed by atoms with Gasteiger partial charge in [-0.1, -0.05) is 13.8 Å². The second kappa shape index (κ2) is 13.4. The molecule has 15 nitrogen and oxygen atoms in total. The molecule has 9 N–H and O–H groups in total. The van der Waals surface area contributed by atoms with Crippen molar-refractivity contribution in [2.75, 3.05) is 0 Å². The van der Waals surface area contributed by atoms with E-state index in [0.717, 1.165) is 25.7 Å². The van der Waals surface area contributed by atoms with Crippen LogP contribution in [0.3, 0.4) is 0 Å². The van der Waals surface area contributed by atoms with E-state index in [1.807, 2.05) is 13.8 Å². The molecule has 0 aromatic rings. The van der Waals surface area contributed by atoms with Crippen LogP contribution in [0.25, 0.3) is 0 Å². The Kier molecular flexibility index (Phi) is 10.2. The van der Waals surface area contributed by atoms with Gasteiger partial charge in [0.15, 0.2) is 0 Å². The quantitative estimate of drug-likeness (QED) is 0.225. The molecule has 0 bridgehead atoms. The van der Waals surface area contributed by atoms with E-state index < -0.39 is 54.2 Å². The maximum Gasteiger partial charge on any atom is 0.326 e. The maximum atomic E-state index is 11.8. The number of carbonyl (C=O) groups is 6. The fourth-order valence-electron chi connectivity index (χ4n) is 7.99. The lowest BCUT2D eigenvalue weighted by Gasteiger charge is -2.39. The summed E-state index contributed by atoms with van der Waals surface area (Å²) in [4.78, 5) is 72.6. The molecule has 44 heavy (non-hydrogen) atoms. The van der Waals surface area contributed by atoms with E-state index >= 15 is 0 Å². The predicted molar refractivity (Wildman–Crippen MR) is 155 cm³/mol. The number of hydrogen-bond donors (Lipinski definition) is 6. The van der Waals surface area contributed by atoms with Crippen molar-refractivity contribution in [2.24, 2.45) is 29.0 Å². The van der Waals surface area contributed by atoms with E-state index in [1.165, 1.54) is 14.7 Å². The standard InChI is InChI=1S/2C10H16N2O3.C9H14N2O3/c1-5-4-6(11)9(13)12-7(5)2-3-8(12)10(14)15;1-5-4-8(10(14)15)12-7(5)3-2-6(11)9(12)13;10-6-3-1-5-2-4-7(9(13)14)11(5)8(6)12/h2*5-8H,2-4,11H2,1H3,(H,14,15);5-7H,1-4,10H2,(H,13,14)/t2*5?,6-,7?,8-;5?,6-,7-/m000/s1. The van der Waals surface area contributed by atoms with E-state index in [2.05, 4.69) is 0 Å². The van der Waals surface area contributed by atoms with Gasteiger partial charge in [-0.3, -0.25) is 14.4 Å². The van der Waals surface area contributed by atoms with E-state index in [4.69, 9.17) is 32.5 Å². The van der Waals surface area contributed by atoms with Gasteiger partial charge in [-0.2, -0.15) is 0 Å². The first kappa shape index (κ1) is 33.6. The summed E-state index contributed by atoms with van der Waals surface area (Å²) in [6, 6.07) is -3.20. The van der Waals surface area contributed by atoms with Crippen molar-refractivity contribution in [1.82, 2.24) is 14.7 Å². The Hall–Kier alpha value is -3.30. The zero-order valence-electron chi connectivity index (χ0n) is 25.3. The van der Waals surface area contributed by atoms with Crippen molar-refractivity contribution >= 4 is 35.6 Å². The molecule has 0 radical (unpaired) electrons. The maximum absolute atomic E-state index is 11.8. The Morgan fingerprint density at radius 1 is 0.545 bits per heavy atom. The molecule has 0 spiro atoms. The van der Waals surface area contributed by atoms with Crippen LogP contribution in [-0.2, 0) is 28.8 Å². The monoisotopic (exact) mass is 622 g/mol. The van der Waals surface area contributed by atoms with Crippen molar-refractivity contribution < 1.29 is 44.1 Å². The van der Waals surface area contributed by atoms with Gasteiger partial charge in [0, 0.05) is 18.1 Å². The summed E-state index contributed by atoms with van der Waals surface area (Å²) in [5, 5.41) is 27.0. The predicted octanol–water partition coefficient (Wildman–Crippen LogP) is -0.853. The Morgan fingerprint density at radius 2 is 0.932 bits per heavy atom. The molecule has 6 heterocycles. The van der Waals surface area contributed by atoms with Crippen LogP contribution in [0.4, 0.5) is 0 Å². The average Bonchev–Trinajstić information content (AvgIpc) is 3.68. The number of fused-ring (bicyclic) bond motifs is 3. The summed E-state index contributed by atoms with van der Waals surface area (Å²) in [7, 11) is 0. The Bertz CT molecular complexity index is 1160. The van der Waals surface area contributed by atoms with E-state index in [0.29, 0.717) is 44.4 Å². The van der Waals surface area contributed by atoms with Gasteiger partial charge in [0.25, 0.3) is 0 Å².